The van der Waals surface area contributed by atoms with Gasteiger partial charge in [-0.15, -0.1) is 0 Å². The first-order chi connectivity index (χ1) is 3.27. The maximum Gasteiger partial charge on any atom is 0.263 e. The number of carbonyl (C=O) groups excluding carboxylic acids is 1. The van der Waals surface area contributed by atoms with Crippen LogP contribution in [0.25, 0.3) is 0 Å². The first-order valence-electron chi connectivity index (χ1n) is 1.49. The Morgan fingerprint density at radius 3 is 2.57 bits per heavy atom. The van der Waals surface area contributed by atoms with Crippen LogP contribution in [0.2, 0.25) is 0 Å². The Labute approximate surface area is 45.5 Å². The van der Waals surface area contributed by atoms with E-state index in [1.165, 1.54) is 0 Å². The van der Waals surface area contributed by atoms with Crippen LogP contribution in [0.5, 0.6) is 0 Å². The summed E-state index contributed by atoms with van der Waals surface area (Å²) in [6.07, 6.45) is 1.59. The van der Waals surface area contributed by atoms with Gasteiger partial charge < -0.3 is 0 Å². The van der Waals surface area contributed by atoms with Crippen LogP contribution < -0.4 is 0 Å². The third kappa shape index (κ3) is 5.30. The normalized spacial score (nSPS) is 9.29. The lowest BCUT2D eigenvalue weighted by Crippen LogP contribution is -1.83. The van der Waals surface area contributed by atoms with Crippen LogP contribution in [-0.4, -0.2) is 17.8 Å². The third-order valence-electron chi connectivity index (χ3n) is 0.251. The Hall–Kier alpha value is -0.700. The second-order valence-corrected chi connectivity index (χ2v) is 1.08. The van der Waals surface area contributed by atoms with Crippen molar-refractivity contribution in [3.8, 4) is 0 Å². The number of nitrogens with one attached hydrogen (secondary N) is 1. The van der Waals surface area contributed by atoms with Gasteiger partial charge in [0.05, 0.1) is 6.21 Å². The lowest BCUT2D eigenvalue weighted by molar-refractivity contribution is -0.105. The van der Waals surface area contributed by atoms with Gasteiger partial charge in [-0.25, -0.2) is 4.99 Å². The van der Waals surface area contributed by atoms with Gasteiger partial charge in [-0.1, -0.05) is 0 Å². The summed E-state index contributed by atoms with van der Waals surface area (Å²) in [5.41, 5.74) is 0. The third-order valence-corrected chi connectivity index (χ3v) is 0.348. The summed E-state index contributed by atoms with van der Waals surface area (Å²) in [7, 11) is 0. The maximum absolute atomic E-state index is 9.72. The number of hydrogen-bond donors (Lipinski definition) is 1. The first kappa shape index (κ1) is 6.30. The fourth-order valence-electron chi connectivity index (χ4n) is 0.0959. The van der Waals surface area contributed by atoms with Crippen molar-refractivity contribution in [1.82, 2.24) is 0 Å². The summed E-state index contributed by atoms with van der Waals surface area (Å²) in [5.74, 6) is 0. The molecule has 3 nitrogen and oxygen atoms in total. The average Bonchev–Trinajstić information content (AvgIpc) is 1.61. The Balaban J connectivity index is 3.46. The zero-order chi connectivity index (χ0) is 5.70. The number of nitrogens with zero attached hydrogens (tertiary/aromatic N) is 1. The van der Waals surface area contributed by atoms with E-state index in [0.29, 0.717) is 0 Å². The molecule has 0 atom stereocenters. The lowest BCUT2D eigenvalue weighted by Gasteiger charge is -1.66. The Bertz CT molecular complexity index is 110. The maximum atomic E-state index is 9.72. The van der Waals surface area contributed by atoms with E-state index < -0.39 is 5.24 Å². The number of halogens is 1. The molecule has 0 rings (SSSR count). The highest BCUT2D eigenvalue weighted by Crippen LogP contribution is 1.70. The molecule has 0 aromatic heterocycles. The van der Waals surface area contributed by atoms with E-state index in [1.54, 1.807) is 0 Å². The highest BCUT2D eigenvalue weighted by Gasteiger charge is 1.80. The molecule has 0 saturated heterocycles. The minimum atomic E-state index is -0.663. The molecule has 0 unspecified atom stereocenters. The SMILES string of the molecule is N=C/N=C/C(=O)Cl. The summed E-state index contributed by atoms with van der Waals surface area (Å²) < 4.78 is 0. The topological polar surface area (TPSA) is 53.3 Å². The van der Waals surface area contributed by atoms with Gasteiger partial charge in [-0.3, -0.25) is 10.2 Å². The van der Waals surface area contributed by atoms with E-state index in [9.17, 15) is 4.79 Å². The zero-order valence-electron chi connectivity index (χ0n) is 3.39. The molecule has 7 heavy (non-hydrogen) atoms. The van der Waals surface area contributed by atoms with Crippen molar-refractivity contribution < 1.29 is 4.79 Å². The van der Waals surface area contributed by atoms with Crippen LogP contribution in [0.3, 0.4) is 0 Å². The van der Waals surface area contributed by atoms with Gasteiger partial charge in [0, 0.05) is 0 Å². The number of hydrogen-bond acceptors (Lipinski definition) is 2. The molecule has 38 valence electrons. The zero-order valence-corrected chi connectivity index (χ0v) is 4.14. The van der Waals surface area contributed by atoms with E-state index in [2.05, 4.69) is 4.99 Å². The van der Waals surface area contributed by atoms with Crippen molar-refractivity contribution in [2.24, 2.45) is 4.99 Å². The largest absolute Gasteiger partial charge is 0.290 e. The van der Waals surface area contributed by atoms with Crippen molar-refractivity contribution in [3.05, 3.63) is 0 Å². The highest BCUT2D eigenvalue weighted by atomic mass is 35.5. The van der Waals surface area contributed by atoms with Gasteiger partial charge in [0.2, 0.25) is 0 Å². The monoisotopic (exact) mass is 118 g/mol. The molecule has 1 N–H and O–H groups in total. The van der Waals surface area contributed by atoms with Gasteiger partial charge in [0.1, 0.15) is 6.34 Å². The van der Waals surface area contributed by atoms with Gasteiger partial charge in [0.25, 0.3) is 5.24 Å². The van der Waals surface area contributed by atoms with E-state index in [1.807, 2.05) is 0 Å². The summed E-state index contributed by atoms with van der Waals surface area (Å²) in [4.78, 5) is 12.8. The molecule has 0 heterocycles. The predicted molar refractivity (Wildman–Crippen MR) is 28.1 cm³/mol. The molecule has 0 aliphatic rings. The molecule has 0 aromatic rings. The first-order valence-corrected chi connectivity index (χ1v) is 1.86. The van der Waals surface area contributed by atoms with Crippen molar-refractivity contribution in [2.45, 2.75) is 0 Å². The van der Waals surface area contributed by atoms with Crippen LogP contribution >= 0.6 is 11.6 Å². The molecule has 0 saturated carbocycles. The fourth-order valence-corrected chi connectivity index (χ4v) is 0.152. The molecule has 0 aromatic carbocycles. The summed E-state index contributed by atoms with van der Waals surface area (Å²) in [5, 5.41) is 5.60. The Morgan fingerprint density at radius 2 is 2.43 bits per heavy atom. The molecule has 0 bridgehead atoms. The summed E-state index contributed by atoms with van der Waals surface area (Å²) in [6, 6.07) is 0. The van der Waals surface area contributed by atoms with Crippen LogP contribution in [-0.2, 0) is 4.79 Å². The Kier molecular flexibility index (Phi) is 3.14. The second kappa shape index (κ2) is 3.49. The summed E-state index contributed by atoms with van der Waals surface area (Å²) in [6.45, 7) is 0. The predicted octanol–water partition coefficient (Wildman–Crippen LogP) is 0.430. The molecule has 4 heteroatoms. The van der Waals surface area contributed by atoms with E-state index >= 15 is 0 Å². The van der Waals surface area contributed by atoms with Crippen molar-refractivity contribution in [2.75, 3.05) is 0 Å². The standard InChI is InChI=1S/C3H3ClN2O/c4-3(7)1-6-2-5/h1-2,5H/b5-2?,6-1+. The molecular formula is C3H3ClN2O. The van der Waals surface area contributed by atoms with Gasteiger partial charge >= 0.3 is 0 Å². The van der Waals surface area contributed by atoms with E-state index in [0.717, 1.165) is 12.6 Å². The van der Waals surface area contributed by atoms with Crippen LogP contribution in [0.1, 0.15) is 0 Å². The molecule has 0 aliphatic carbocycles. The lowest BCUT2D eigenvalue weighted by atomic mass is 10.8. The van der Waals surface area contributed by atoms with E-state index in [4.69, 9.17) is 17.0 Å². The van der Waals surface area contributed by atoms with Gasteiger partial charge in [0.15, 0.2) is 0 Å². The Morgan fingerprint density at radius 1 is 1.86 bits per heavy atom. The van der Waals surface area contributed by atoms with Crippen molar-refractivity contribution in [3.63, 3.8) is 0 Å². The second-order valence-electron chi connectivity index (χ2n) is 0.711. The van der Waals surface area contributed by atoms with Gasteiger partial charge in [-0.2, -0.15) is 0 Å². The fraction of sp³-hybridized carbons (Fsp3) is 0. The smallest absolute Gasteiger partial charge is 0.263 e. The number of carbonyl (C=O) groups is 1. The molecule has 0 fully saturated rings. The molecule has 0 aliphatic heterocycles. The van der Waals surface area contributed by atoms with Crippen LogP contribution in [0, 0.1) is 5.41 Å². The molecule has 0 amide bonds. The van der Waals surface area contributed by atoms with E-state index in [-0.39, 0.29) is 0 Å². The van der Waals surface area contributed by atoms with Crippen molar-refractivity contribution >= 4 is 29.4 Å². The molecule has 0 radical (unpaired) electrons. The van der Waals surface area contributed by atoms with Crippen LogP contribution in [0.4, 0.5) is 0 Å². The van der Waals surface area contributed by atoms with Crippen molar-refractivity contribution in [1.29, 1.82) is 5.41 Å². The van der Waals surface area contributed by atoms with Gasteiger partial charge in [-0.05, 0) is 11.6 Å². The average molecular weight is 119 g/mol. The quantitative estimate of drug-likeness (QED) is 0.319. The molecular weight excluding hydrogens is 115 g/mol. The highest BCUT2D eigenvalue weighted by molar-refractivity contribution is 6.78. The minimum Gasteiger partial charge on any atom is -0.290 e. The van der Waals surface area contributed by atoms with Crippen LogP contribution in [0.15, 0.2) is 4.99 Å². The minimum absolute atomic E-state index is 0.663. The number of aliphatic imine (C=N–C) groups is 1. The summed E-state index contributed by atoms with van der Waals surface area (Å²) >= 11 is 4.76. The number of rotatable bonds is 2. The molecule has 0 spiro atoms.